The first-order valence-corrected chi connectivity index (χ1v) is 25.8. The number of benzene rings is 3. The Balaban J connectivity index is 0.883. The molecule has 0 aliphatic carbocycles. The molecular weight excluding hydrogens is 915 g/mol. The molecule has 2 aromatic heterocycles. The van der Waals surface area contributed by atoms with Crippen molar-refractivity contribution in [2.24, 2.45) is 0 Å². The molecule has 3 fully saturated rings. The van der Waals surface area contributed by atoms with Gasteiger partial charge in [0.1, 0.15) is 30.3 Å². The van der Waals surface area contributed by atoms with E-state index in [0.29, 0.717) is 57.6 Å². The average molecular weight is 973 g/mol. The fourth-order valence-electron chi connectivity index (χ4n) is 9.71. The van der Waals surface area contributed by atoms with Gasteiger partial charge in [-0.2, -0.15) is 4.98 Å². The van der Waals surface area contributed by atoms with Crippen molar-refractivity contribution in [3.05, 3.63) is 93.2 Å². The van der Waals surface area contributed by atoms with E-state index < -0.39 is 36.5 Å². The van der Waals surface area contributed by atoms with Crippen LogP contribution in [0.2, 0.25) is 0 Å². The van der Waals surface area contributed by atoms with Crippen LogP contribution in [0.3, 0.4) is 0 Å². The Hall–Kier alpha value is -5.02. The van der Waals surface area contributed by atoms with E-state index in [1.807, 2.05) is 31.2 Å². The maximum atomic E-state index is 15.2. The highest BCUT2D eigenvalue weighted by Crippen LogP contribution is 2.42. The maximum Gasteiger partial charge on any atom is 0.234 e. The molecule has 17 heteroatoms. The molecule has 3 aliphatic heterocycles. The second-order valence-corrected chi connectivity index (χ2v) is 21.8. The molecule has 3 N–H and O–H groups in total. The topological polar surface area (TPSA) is 145 Å². The lowest BCUT2D eigenvalue weighted by atomic mass is 9.89. The van der Waals surface area contributed by atoms with Crippen LogP contribution in [-0.4, -0.2) is 108 Å². The second-order valence-electron chi connectivity index (χ2n) is 17.8. The minimum atomic E-state index is -2.74. The molecule has 13 nitrogen and oxygen atoms in total. The third kappa shape index (κ3) is 10.2. The number of piperidine rings is 2. The lowest BCUT2D eigenvalue weighted by Crippen LogP contribution is -2.57. The number of carbonyl (C=O) groups is 2. The van der Waals surface area contributed by atoms with Gasteiger partial charge in [0.15, 0.2) is 0 Å². The number of pyridine rings is 1. The Kier molecular flexibility index (Phi) is 13.9. The Morgan fingerprint density at radius 1 is 0.954 bits per heavy atom. The molecule has 0 radical (unpaired) electrons. The number of aromatic nitrogens is 3. The van der Waals surface area contributed by atoms with Crippen LogP contribution >= 0.6 is 23.1 Å². The second kappa shape index (κ2) is 19.4. The molecule has 2 amide bonds. The highest BCUT2D eigenvalue weighted by atomic mass is 79.9. The summed E-state index contributed by atoms with van der Waals surface area (Å²) >= 11 is 3.61. The Morgan fingerprint density at radius 2 is 1.71 bits per heavy atom. The zero-order valence-corrected chi connectivity index (χ0v) is 40.3. The first kappa shape index (κ1) is 46.5. The van der Waals surface area contributed by atoms with Crippen LogP contribution in [0.1, 0.15) is 67.8 Å². The minimum Gasteiger partial charge on any atom is -0.494 e. The van der Waals surface area contributed by atoms with Crippen LogP contribution in [-0.2, 0) is 27.0 Å². The summed E-state index contributed by atoms with van der Waals surface area (Å²) in [5.74, 6) is -1.96. The highest BCUT2D eigenvalue weighted by Gasteiger charge is 2.34. The number of piperazine rings is 1. The summed E-state index contributed by atoms with van der Waals surface area (Å²) in [7, 11) is -1.07. The van der Waals surface area contributed by atoms with Gasteiger partial charge in [0, 0.05) is 97.7 Å². The van der Waals surface area contributed by atoms with Gasteiger partial charge in [-0.25, -0.2) is 13.8 Å². The predicted octanol–water partition coefficient (Wildman–Crippen LogP) is 8.42. The summed E-state index contributed by atoms with van der Waals surface area (Å²) in [5, 5.41) is 10.6. The van der Waals surface area contributed by atoms with Crippen LogP contribution in [0, 0.1) is 18.6 Å². The van der Waals surface area contributed by atoms with Crippen molar-refractivity contribution in [1.82, 2.24) is 30.1 Å². The summed E-state index contributed by atoms with van der Waals surface area (Å²) in [6.07, 6.45) is 5.21. The summed E-state index contributed by atoms with van der Waals surface area (Å²) in [6.45, 7) is 15.1. The molecule has 8 rings (SSSR count). The number of fused-ring (bicyclic) bond motifs is 1. The predicted molar refractivity (Wildman–Crippen MR) is 257 cm³/mol. The molecule has 5 aromatic rings. The SMILES string of the molecule is CCc1cc(Nc2ncc(Br)c(Nc3ccc4nc(C)ccc4c3P(C)(C)=O)n2)c(OC)cc1N1CCC(N2CCN(CCc3cc(F)c(C4CCC(=O)NC4=O)c(F)c3)C(C)C2)CC1. The van der Waals surface area contributed by atoms with E-state index >= 15 is 8.78 Å². The van der Waals surface area contributed by atoms with Crippen molar-refractivity contribution in [2.45, 2.75) is 77.3 Å². The number of aryl methyl sites for hydroxylation is 2. The summed E-state index contributed by atoms with van der Waals surface area (Å²) in [4.78, 5) is 45.4. The van der Waals surface area contributed by atoms with Gasteiger partial charge in [-0.15, -0.1) is 0 Å². The van der Waals surface area contributed by atoms with E-state index in [2.05, 4.69) is 82.5 Å². The summed E-state index contributed by atoms with van der Waals surface area (Å²) in [6, 6.07) is 15.4. The number of hydrogen-bond donors (Lipinski definition) is 3. The van der Waals surface area contributed by atoms with Crippen LogP contribution < -0.4 is 30.9 Å². The molecule has 3 aromatic carbocycles. The number of hydrogen-bond acceptors (Lipinski definition) is 12. The fourth-order valence-corrected chi connectivity index (χ4v) is 11.5. The maximum absolute atomic E-state index is 15.2. The molecule has 2 atom stereocenters. The van der Waals surface area contributed by atoms with E-state index in [1.54, 1.807) is 26.6 Å². The molecule has 0 saturated carbocycles. The number of imide groups is 1. The number of ether oxygens (including phenoxy) is 1. The molecule has 0 bridgehead atoms. The average Bonchev–Trinajstić information content (AvgIpc) is 3.27. The van der Waals surface area contributed by atoms with Crippen LogP contribution in [0.5, 0.6) is 5.75 Å². The lowest BCUT2D eigenvalue weighted by Gasteiger charge is -2.46. The van der Waals surface area contributed by atoms with Crippen LogP contribution in [0.25, 0.3) is 10.9 Å². The normalized spacial score (nSPS) is 19.1. The van der Waals surface area contributed by atoms with Crippen molar-refractivity contribution in [3.8, 4) is 5.75 Å². The number of amides is 2. The Morgan fingerprint density at radius 3 is 2.38 bits per heavy atom. The van der Waals surface area contributed by atoms with Gasteiger partial charge in [0.25, 0.3) is 0 Å². The van der Waals surface area contributed by atoms with E-state index in [-0.39, 0.29) is 24.4 Å². The van der Waals surface area contributed by atoms with Crippen molar-refractivity contribution in [1.29, 1.82) is 0 Å². The number of anilines is 5. The zero-order chi connectivity index (χ0) is 46.2. The number of carbonyl (C=O) groups excluding carboxylic acids is 2. The summed E-state index contributed by atoms with van der Waals surface area (Å²) < 4.78 is 50.6. The molecule has 3 saturated heterocycles. The Labute approximate surface area is 387 Å². The van der Waals surface area contributed by atoms with Gasteiger partial charge >= 0.3 is 0 Å². The van der Waals surface area contributed by atoms with Gasteiger partial charge < -0.3 is 24.8 Å². The van der Waals surface area contributed by atoms with Crippen molar-refractivity contribution < 1.29 is 27.7 Å². The largest absolute Gasteiger partial charge is 0.494 e. The van der Waals surface area contributed by atoms with Crippen molar-refractivity contribution in [2.75, 3.05) is 75.2 Å². The molecular formula is C48H57BrF2N9O4P. The first-order chi connectivity index (χ1) is 31.1. The summed E-state index contributed by atoms with van der Waals surface area (Å²) in [5.41, 5.74) is 5.77. The number of nitrogens with zero attached hydrogens (tertiary/aromatic N) is 6. The van der Waals surface area contributed by atoms with Gasteiger partial charge in [0.05, 0.1) is 34.4 Å². The minimum absolute atomic E-state index is 0.0623. The van der Waals surface area contributed by atoms with Crippen LogP contribution in [0.4, 0.5) is 37.6 Å². The van der Waals surface area contributed by atoms with Crippen LogP contribution in [0.15, 0.2) is 59.2 Å². The number of halogens is 3. The molecule has 5 heterocycles. The molecule has 65 heavy (non-hydrogen) atoms. The third-order valence-electron chi connectivity index (χ3n) is 13.1. The van der Waals surface area contributed by atoms with Gasteiger partial charge in [-0.05, 0) is 123 Å². The lowest BCUT2D eigenvalue weighted by molar-refractivity contribution is -0.134. The van der Waals surface area contributed by atoms with Gasteiger partial charge in [-0.3, -0.25) is 29.7 Å². The fraction of sp³-hybridized carbons (Fsp3) is 0.438. The van der Waals surface area contributed by atoms with E-state index in [9.17, 15) is 14.2 Å². The Bertz CT molecular complexity index is 2650. The van der Waals surface area contributed by atoms with E-state index in [0.717, 1.165) is 80.0 Å². The standard InChI is InChI=1S/C48H57BrF2N9O4P/c1-7-31-24-40(55-48-52-26-35(49)46(57-48)54-39-12-11-38-33(9-8-28(2)53-38)45(39)65(5,6)63)42(64-4)25-41(31)59-18-15-32(16-19-59)60-21-20-58(29(3)27-60)17-14-30-22-36(50)44(37(51)23-30)34-10-13-43(61)56-47(34)62/h8-9,11-12,22-26,29,32,34H,7,10,13-21,27H2,1-6H3,(H,56,61,62)(H2,52,54,55,57). The molecule has 0 spiro atoms. The first-order valence-electron chi connectivity index (χ1n) is 22.4. The van der Waals surface area contributed by atoms with E-state index in [1.165, 1.54) is 17.7 Å². The van der Waals surface area contributed by atoms with E-state index in [4.69, 9.17) is 9.72 Å². The van der Waals surface area contributed by atoms with Crippen molar-refractivity contribution >= 4 is 79.9 Å². The van der Waals surface area contributed by atoms with Crippen molar-refractivity contribution in [3.63, 3.8) is 0 Å². The quantitative estimate of drug-likeness (QED) is 0.0770. The number of methoxy groups -OCH3 is 1. The highest BCUT2D eigenvalue weighted by molar-refractivity contribution is 9.10. The number of nitrogens with one attached hydrogen (secondary N) is 3. The molecule has 3 aliphatic rings. The smallest absolute Gasteiger partial charge is 0.234 e. The number of rotatable bonds is 13. The van der Waals surface area contributed by atoms with Gasteiger partial charge in [0.2, 0.25) is 17.8 Å². The molecule has 344 valence electrons. The van der Waals surface area contributed by atoms with Gasteiger partial charge in [-0.1, -0.05) is 13.0 Å². The molecule has 2 unspecified atom stereocenters. The monoisotopic (exact) mass is 971 g/mol. The zero-order valence-electron chi connectivity index (χ0n) is 37.8. The third-order valence-corrected chi connectivity index (χ3v) is 15.2.